The molecule has 0 aromatic carbocycles. The van der Waals surface area contributed by atoms with E-state index in [9.17, 15) is 9.59 Å². The van der Waals surface area contributed by atoms with Crippen molar-refractivity contribution in [2.45, 2.75) is 6.23 Å². The minimum absolute atomic E-state index is 0.0629. The van der Waals surface area contributed by atoms with Crippen LogP contribution in [-0.4, -0.2) is 33.1 Å². The molecule has 3 heterocycles. The average molecular weight is 355 g/mol. The van der Waals surface area contributed by atoms with E-state index in [4.69, 9.17) is 27.9 Å². The third kappa shape index (κ3) is 2.90. The second kappa shape index (κ2) is 6.35. The van der Waals surface area contributed by atoms with Gasteiger partial charge in [0.25, 0.3) is 5.91 Å². The van der Waals surface area contributed by atoms with Crippen LogP contribution < -0.4 is 4.90 Å². The Balaban J connectivity index is 2.00. The quantitative estimate of drug-likeness (QED) is 0.617. The number of alkyl halides is 1. The highest BCUT2D eigenvalue weighted by Crippen LogP contribution is 2.35. The van der Waals surface area contributed by atoms with E-state index in [1.54, 1.807) is 6.07 Å². The van der Waals surface area contributed by atoms with E-state index in [1.807, 2.05) is 0 Å². The summed E-state index contributed by atoms with van der Waals surface area (Å²) >= 11 is 11.1. The first-order chi connectivity index (χ1) is 11.1. The summed E-state index contributed by atoms with van der Waals surface area (Å²) in [6, 6.07) is 2.68. The number of hydrogen-bond donors (Lipinski definition) is 0. The summed E-state index contributed by atoms with van der Waals surface area (Å²) in [5, 5.41) is 0.396. The molecular weight excluding hydrogens is 347 g/mol. The van der Waals surface area contributed by atoms with Crippen LogP contribution in [0.5, 0.6) is 0 Å². The minimum Gasteiger partial charge on any atom is -0.418 e. The molecule has 23 heavy (non-hydrogen) atoms. The predicted molar refractivity (Wildman–Crippen MR) is 79.1 cm³/mol. The molecule has 0 N–H and O–H groups in total. The van der Waals surface area contributed by atoms with Crippen molar-refractivity contribution >= 4 is 41.1 Å². The van der Waals surface area contributed by atoms with Crippen molar-refractivity contribution < 1.29 is 19.1 Å². The molecule has 0 radical (unpaired) electrons. The normalized spacial score (nSPS) is 16.2. The van der Waals surface area contributed by atoms with Gasteiger partial charge in [-0.25, -0.2) is 19.7 Å². The minimum atomic E-state index is -1.16. The number of pyridine rings is 1. The molecule has 0 unspecified atom stereocenters. The van der Waals surface area contributed by atoms with Crippen LogP contribution in [0.4, 0.5) is 10.6 Å². The monoisotopic (exact) mass is 354 g/mol. The summed E-state index contributed by atoms with van der Waals surface area (Å²) in [5.41, 5.74) is 0.244. The molecule has 1 atom stereocenters. The molecule has 2 aromatic heterocycles. The van der Waals surface area contributed by atoms with Gasteiger partial charge in [-0.3, -0.25) is 9.78 Å². The molecule has 1 aliphatic heterocycles. The van der Waals surface area contributed by atoms with Gasteiger partial charge in [-0.2, -0.15) is 0 Å². The van der Waals surface area contributed by atoms with Crippen molar-refractivity contribution in [2.24, 2.45) is 0 Å². The summed E-state index contributed by atoms with van der Waals surface area (Å²) in [7, 11) is 0. The van der Waals surface area contributed by atoms with E-state index < -0.39 is 18.3 Å². The summed E-state index contributed by atoms with van der Waals surface area (Å²) in [6.45, 7) is 0. The van der Waals surface area contributed by atoms with E-state index in [0.29, 0.717) is 5.02 Å². The Labute approximate surface area is 140 Å². The van der Waals surface area contributed by atoms with Crippen LogP contribution in [0.3, 0.4) is 0 Å². The Kier molecular flexibility index (Phi) is 4.26. The van der Waals surface area contributed by atoms with Crippen LogP contribution in [-0.2, 0) is 9.47 Å². The fourth-order valence-corrected chi connectivity index (χ4v) is 2.25. The van der Waals surface area contributed by atoms with Crippen LogP contribution in [0.15, 0.2) is 30.7 Å². The van der Waals surface area contributed by atoms with Gasteiger partial charge in [0.15, 0.2) is 11.8 Å². The van der Waals surface area contributed by atoms with E-state index >= 15 is 0 Å². The molecule has 2 aromatic rings. The lowest BCUT2D eigenvalue weighted by molar-refractivity contribution is 0.0323. The van der Waals surface area contributed by atoms with Crippen molar-refractivity contribution in [3.63, 3.8) is 0 Å². The SMILES string of the molecule is O=C(OCCl)O[C@@H]1c2nccnc2C(=O)N1c1ccc(Cl)cn1. The number of halogens is 2. The second-order valence-electron chi connectivity index (χ2n) is 4.27. The van der Waals surface area contributed by atoms with Crippen molar-refractivity contribution in [3.8, 4) is 0 Å². The zero-order chi connectivity index (χ0) is 16.4. The molecule has 3 rings (SSSR count). The molecule has 0 aliphatic carbocycles. The lowest BCUT2D eigenvalue weighted by Crippen LogP contribution is -2.32. The van der Waals surface area contributed by atoms with Crippen molar-refractivity contribution in [3.05, 3.63) is 47.1 Å². The molecule has 1 amide bonds. The number of hydrogen-bond acceptors (Lipinski definition) is 7. The molecule has 0 saturated heterocycles. The number of ether oxygens (including phenoxy) is 2. The smallest absolute Gasteiger partial charge is 0.418 e. The first kappa shape index (κ1) is 15.4. The Hall–Kier alpha value is -2.45. The van der Waals surface area contributed by atoms with E-state index in [2.05, 4.69) is 19.7 Å². The summed E-state index contributed by atoms with van der Waals surface area (Å²) in [6.07, 6.45) is 1.91. The van der Waals surface area contributed by atoms with Gasteiger partial charge in [0, 0.05) is 18.6 Å². The number of aromatic nitrogens is 3. The molecule has 1 aliphatic rings. The van der Waals surface area contributed by atoms with Gasteiger partial charge in [-0.15, -0.1) is 0 Å². The van der Waals surface area contributed by atoms with Gasteiger partial charge in [0.05, 0.1) is 5.02 Å². The van der Waals surface area contributed by atoms with Crippen molar-refractivity contribution in [2.75, 3.05) is 11.0 Å². The number of nitrogens with zero attached hydrogens (tertiary/aromatic N) is 4. The summed E-state index contributed by atoms with van der Waals surface area (Å²) in [4.78, 5) is 37.3. The molecular formula is C13H8Cl2N4O4. The Bertz CT molecular complexity index is 756. The van der Waals surface area contributed by atoms with Crippen LogP contribution >= 0.6 is 23.2 Å². The van der Waals surface area contributed by atoms with Crippen molar-refractivity contribution in [1.29, 1.82) is 0 Å². The van der Waals surface area contributed by atoms with Crippen LogP contribution in [0.25, 0.3) is 0 Å². The highest BCUT2D eigenvalue weighted by atomic mass is 35.5. The fraction of sp³-hybridized carbons (Fsp3) is 0.154. The lowest BCUT2D eigenvalue weighted by atomic mass is 10.3. The average Bonchev–Trinajstić information content (AvgIpc) is 2.82. The highest BCUT2D eigenvalue weighted by Gasteiger charge is 2.43. The molecule has 0 fully saturated rings. The number of carbonyl (C=O) groups excluding carboxylic acids is 2. The summed E-state index contributed by atoms with van der Waals surface area (Å²) < 4.78 is 9.66. The molecule has 0 bridgehead atoms. The Morgan fingerprint density at radius 2 is 2.04 bits per heavy atom. The van der Waals surface area contributed by atoms with Gasteiger partial charge in [0.2, 0.25) is 6.23 Å². The summed E-state index contributed by atoms with van der Waals surface area (Å²) in [5.74, 6) is -0.283. The molecule has 8 nitrogen and oxygen atoms in total. The third-order valence-electron chi connectivity index (χ3n) is 2.96. The van der Waals surface area contributed by atoms with Gasteiger partial charge in [-0.05, 0) is 12.1 Å². The number of anilines is 1. The second-order valence-corrected chi connectivity index (χ2v) is 4.93. The van der Waals surface area contributed by atoms with E-state index in [1.165, 1.54) is 24.7 Å². The topological polar surface area (TPSA) is 94.5 Å². The number of rotatable bonds is 3. The molecule has 0 spiro atoms. The third-order valence-corrected chi connectivity index (χ3v) is 3.29. The van der Waals surface area contributed by atoms with Gasteiger partial charge >= 0.3 is 6.16 Å². The highest BCUT2D eigenvalue weighted by molar-refractivity contribution is 6.30. The Morgan fingerprint density at radius 1 is 1.26 bits per heavy atom. The molecule has 118 valence electrons. The standard InChI is InChI=1S/C13H8Cl2N4O4/c14-6-22-13(21)23-12-10-9(16-3-4-17-10)11(20)19(12)8-2-1-7(15)5-18-8/h1-5,12H,6H2/t12-/m1/s1. The number of fused-ring (bicyclic) bond motifs is 1. The van der Waals surface area contributed by atoms with Crippen LogP contribution in [0.2, 0.25) is 5.02 Å². The first-order valence-corrected chi connectivity index (χ1v) is 7.18. The zero-order valence-electron chi connectivity index (χ0n) is 11.3. The van der Waals surface area contributed by atoms with Gasteiger partial charge < -0.3 is 9.47 Å². The molecule has 0 saturated carbocycles. The van der Waals surface area contributed by atoms with Crippen LogP contribution in [0, 0.1) is 0 Å². The maximum absolute atomic E-state index is 12.5. The maximum Gasteiger partial charge on any atom is 0.511 e. The molecule has 10 heteroatoms. The number of carbonyl (C=O) groups is 2. The van der Waals surface area contributed by atoms with E-state index in [-0.39, 0.29) is 23.3 Å². The van der Waals surface area contributed by atoms with Crippen LogP contribution in [0.1, 0.15) is 22.4 Å². The van der Waals surface area contributed by atoms with Crippen molar-refractivity contribution in [1.82, 2.24) is 15.0 Å². The first-order valence-electron chi connectivity index (χ1n) is 6.27. The lowest BCUT2D eigenvalue weighted by Gasteiger charge is -2.22. The van der Waals surface area contributed by atoms with Gasteiger partial charge in [0.1, 0.15) is 11.5 Å². The van der Waals surface area contributed by atoms with E-state index in [0.717, 1.165) is 4.90 Å². The fourth-order valence-electron chi connectivity index (χ4n) is 2.05. The Morgan fingerprint density at radius 3 is 2.74 bits per heavy atom. The zero-order valence-corrected chi connectivity index (χ0v) is 12.9. The predicted octanol–water partition coefficient (Wildman–Crippen LogP) is 2.53. The largest absolute Gasteiger partial charge is 0.511 e. The number of amides is 1. The maximum atomic E-state index is 12.5. The van der Waals surface area contributed by atoms with Gasteiger partial charge in [-0.1, -0.05) is 23.2 Å².